The summed E-state index contributed by atoms with van der Waals surface area (Å²) in [6.45, 7) is 3.75. The van der Waals surface area contributed by atoms with Gasteiger partial charge in [-0.2, -0.15) is 5.26 Å². The maximum Gasteiger partial charge on any atom is 0.240 e. The smallest absolute Gasteiger partial charge is 0.240 e. The van der Waals surface area contributed by atoms with Crippen molar-refractivity contribution in [2.24, 2.45) is 5.92 Å². The lowest BCUT2D eigenvalue weighted by Gasteiger charge is -2.27. The summed E-state index contributed by atoms with van der Waals surface area (Å²) in [7, 11) is -3.48. The SMILES string of the molecule is N#Cc1ccc2c(c1)C1CN(CCCNS(=O)(=O)c3ccc(Br)cc3)C[C@H]1CO2. The lowest BCUT2D eigenvalue weighted by molar-refractivity contribution is 0.212. The van der Waals surface area contributed by atoms with E-state index in [0.717, 1.165) is 41.8 Å². The average Bonchev–Trinajstić information content (AvgIpc) is 3.15. The Morgan fingerprint density at radius 1 is 1.21 bits per heavy atom. The van der Waals surface area contributed by atoms with E-state index in [1.807, 2.05) is 12.1 Å². The molecule has 1 unspecified atom stereocenters. The van der Waals surface area contributed by atoms with Gasteiger partial charge in [-0.3, -0.25) is 0 Å². The van der Waals surface area contributed by atoms with Crippen LogP contribution in [0.15, 0.2) is 51.8 Å². The number of sulfonamides is 1. The monoisotopic (exact) mass is 475 g/mol. The molecule has 1 fully saturated rings. The van der Waals surface area contributed by atoms with Gasteiger partial charge in [0.1, 0.15) is 5.75 Å². The molecule has 0 radical (unpaired) electrons. The number of nitrogens with one attached hydrogen (secondary N) is 1. The molecule has 2 aromatic carbocycles. The van der Waals surface area contributed by atoms with Crippen LogP contribution in [0.4, 0.5) is 0 Å². The summed E-state index contributed by atoms with van der Waals surface area (Å²) in [6, 6.07) is 14.5. The van der Waals surface area contributed by atoms with E-state index in [9.17, 15) is 13.7 Å². The molecule has 0 amide bonds. The fraction of sp³-hybridized carbons (Fsp3) is 0.381. The van der Waals surface area contributed by atoms with Gasteiger partial charge in [0, 0.05) is 41.5 Å². The third-order valence-electron chi connectivity index (χ3n) is 5.58. The third-order valence-corrected chi connectivity index (χ3v) is 7.58. The van der Waals surface area contributed by atoms with Crippen molar-refractivity contribution < 1.29 is 13.2 Å². The molecule has 152 valence electrons. The van der Waals surface area contributed by atoms with Gasteiger partial charge in [-0.15, -0.1) is 0 Å². The highest BCUT2D eigenvalue weighted by Crippen LogP contribution is 2.41. The Morgan fingerprint density at radius 3 is 2.76 bits per heavy atom. The molecule has 2 aliphatic heterocycles. The summed E-state index contributed by atoms with van der Waals surface area (Å²) < 4.78 is 34.1. The lowest BCUT2D eigenvalue weighted by atomic mass is 9.86. The molecule has 2 heterocycles. The van der Waals surface area contributed by atoms with Gasteiger partial charge in [0.25, 0.3) is 0 Å². The van der Waals surface area contributed by atoms with E-state index >= 15 is 0 Å². The quantitative estimate of drug-likeness (QED) is 0.648. The molecule has 8 heteroatoms. The number of likely N-dealkylation sites (tertiary alicyclic amines) is 1. The third kappa shape index (κ3) is 4.48. The second kappa shape index (κ2) is 8.44. The number of nitrogens with zero attached hydrogens (tertiary/aromatic N) is 2. The van der Waals surface area contributed by atoms with Gasteiger partial charge in [-0.1, -0.05) is 15.9 Å². The average molecular weight is 476 g/mol. The second-order valence-electron chi connectivity index (χ2n) is 7.51. The van der Waals surface area contributed by atoms with Crippen LogP contribution in [0.3, 0.4) is 0 Å². The lowest BCUT2D eigenvalue weighted by Crippen LogP contribution is -2.29. The van der Waals surface area contributed by atoms with Crippen LogP contribution in [-0.4, -0.2) is 46.1 Å². The molecular formula is C21H22BrN3O3S. The van der Waals surface area contributed by atoms with Crippen molar-refractivity contribution in [3.63, 3.8) is 0 Å². The van der Waals surface area contributed by atoms with E-state index in [1.54, 1.807) is 30.3 Å². The Balaban J connectivity index is 1.31. The number of nitriles is 1. The minimum atomic E-state index is -3.48. The molecule has 2 aliphatic rings. The largest absolute Gasteiger partial charge is 0.493 e. The fourth-order valence-corrected chi connectivity index (χ4v) is 5.45. The van der Waals surface area contributed by atoms with Crippen molar-refractivity contribution in [2.45, 2.75) is 17.2 Å². The van der Waals surface area contributed by atoms with Gasteiger partial charge in [-0.25, -0.2) is 13.1 Å². The molecule has 0 aliphatic carbocycles. The summed E-state index contributed by atoms with van der Waals surface area (Å²) >= 11 is 3.31. The van der Waals surface area contributed by atoms with Crippen LogP contribution >= 0.6 is 15.9 Å². The Kier molecular flexibility index (Phi) is 5.93. The molecule has 1 saturated heterocycles. The van der Waals surface area contributed by atoms with Crippen LogP contribution in [-0.2, 0) is 10.0 Å². The number of rotatable bonds is 6. The summed E-state index contributed by atoms with van der Waals surface area (Å²) in [6.07, 6.45) is 0.737. The molecule has 2 atom stereocenters. The zero-order chi connectivity index (χ0) is 20.4. The number of benzene rings is 2. The van der Waals surface area contributed by atoms with Crippen molar-refractivity contribution in [3.05, 3.63) is 58.1 Å². The van der Waals surface area contributed by atoms with Crippen LogP contribution in [0.1, 0.15) is 23.5 Å². The van der Waals surface area contributed by atoms with Crippen molar-refractivity contribution in [3.8, 4) is 11.8 Å². The normalized spacial score (nSPS) is 21.1. The first-order valence-electron chi connectivity index (χ1n) is 9.61. The van der Waals surface area contributed by atoms with Gasteiger partial charge in [-0.05, 0) is 55.4 Å². The first kappa shape index (κ1) is 20.4. The fourth-order valence-electron chi connectivity index (χ4n) is 4.11. The molecule has 29 heavy (non-hydrogen) atoms. The number of fused-ring (bicyclic) bond motifs is 3. The van der Waals surface area contributed by atoms with Gasteiger partial charge in [0.2, 0.25) is 10.0 Å². The van der Waals surface area contributed by atoms with Gasteiger partial charge in [0.15, 0.2) is 0 Å². The van der Waals surface area contributed by atoms with Gasteiger partial charge >= 0.3 is 0 Å². The topological polar surface area (TPSA) is 82.4 Å². The Bertz CT molecular complexity index is 1030. The minimum Gasteiger partial charge on any atom is -0.493 e. The maximum atomic E-state index is 12.4. The summed E-state index contributed by atoms with van der Waals surface area (Å²) in [5.41, 5.74) is 1.78. The summed E-state index contributed by atoms with van der Waals surface area (Å²) in [5.74, 6) is 1.66. The van der Waals surface area contributed by atoms with E-state index in [0.29, 0.717) is 30.6 Å². The Labute approximate surface area is 179 Å². The number of ether oxygens (including phenoxy) is 1. The maximum absolute atomic E-state index is 12.4. The first-order chi connectivity index (χ1) is 14.0. The molecule has 0 spiro atoms. The van der Waals surface area contributed by atoms with Crippen molar-refractivity contribution in [2.75, 3.05) is 32.8 Å². The Morgan fingerprint density at radius 2 is 2.00 bits per heavy atom. The molecule has 0 bridgehead atoms. The van der Waals surface area contributed by atoms with E-state index in [-0.39, 0.29) is 4.90 Å². The van der Waals surface area contributed by atoms with Crippen molar-refractivity contribution in [1.82, 2.24) is 9.62 Å². The molecular weight excluding hydrogens is 454 g/mol. The predicted molar refractivity (Wildman–Crippen MR) is 113 cm³/mol. The second-order valence-corrected chi connectivity index (χ2v) is 10.2. The number of halogens is 1. The zero-order valence-electron chi connectivity index (χ0n) is 15.8. The van der Waals surface area contributed by atoms with Crippen LogP contribution in [0.2, 0.25) is 0 Å². The first-order valence-corrected chi connectivity index (χ1v) is 11.9. The van der Waals surface area contributed by atoms with Crippen LogP contribution in [0.5, 0.6) is 5.75 Å². The van der Waals surface area contributed by atoms with Gasteiger partial charge < -0.3 is 9.64 Å². The standard InChI is InChI=1S/C21H22BrN3O3S/c22-17-3-5-18(6-4-17)29(26,27)24-8-1-9-25-12-16-14-28-21-7-2-15(11-23)10-19(21)20(16)13-25/h2-7,10,16,20,24H,1,8-9,12-14H2/t16-,20?/m0/s1. The van der Waals surface area contributed by atoms with E-state index < -0.39 is 10.0 Å². The highest BCUT2D eigenvalue weighted by Gasteiger charge is 2.38. The summed E-state index contributed by atoms with van der Waals surface area (Å²) in [4.78, 5) is 2.63. The highest BCUT2D eigenvalue weighted by molar-refractivity contribution is 9.10. The molecule has 2 aromatic rings. The predicted octanol–water partition coefficient (Wildman–Crippen LogP) is 3.10. The van der Waals surface area contributed by atoms with Crippen LogP contribution in [0.25, 0.3) is 0 Å². The molecule has 0 saturated carbocycles. The van der Waals surface area contributed by atoms with E-state index in [1.165, 1.54) is 0 Å². The van der Waals surface area contributed by atoms with Crippen molar-refractivity contribution in [1.29, 1.82) is 5.26 Å². The van der Waals surface area contributed by atoms with Crippen LogP contribution in [0, 0.1) is 17.2 Å². The molecule has 6 nitrogen and oxygen atoms in total. The minimum absolute atomic E-state index is 0.273. The summed E-state index contributed by atoms with van der Waals surface area (Å²) in [5, 5.41) is 9.18. The zero-order valence-corrected chi connectivity index (χ0v) is 18.2. The van der Waals surface area contributed by atoms with E-state index in [4.69, 9.17) is 4.74 Å². The number of hydrogen-bond donors (Lipinski definition) is 1. The van der Waals surface area contributed by atoms with E-state index in [2.05, 4.69) is 31.6 Å². The molecule has 0 aromatic heterocycles. The Hall–Kier alpha value is -1.92. The van der Waals surface area contributed by atoms with Gasteiger partial charge in [0.05, 0.1) is 23.1 Å². The highest BCUT2D eigenvalue weighted by atomic mass is 79.9. The van der Waals surface area contributed by atoms with Crippen LogP contribution < -0.4 is 9.46 Å². The molecule has 1 N–H and O–H groups in total. The van der Waals surface area contributed by atoms with Crippen molar-refractivity contribution >= 4 is 26.0 Å². The number of hydrogen-bond acceptors (Lipinski definition) is 5. The molecule has 4 rings (SSSR count).